The number of fused-ring (bicyclic) bond motifs is 2. The summed E-state index contributed by atoms with van der Waals surface area (Å²) < 4.78 is 79.5. The maximum absolute atomic E-state index is 14.0. The number of unbranched alkanes of at least 4 members (excludes halogenated alkanes) is 2. The van der Waals surface area contributed by atoms with Crippen LogP contribution in [0.4, 0.5) is 0 Å². The van der Waals surface area contributed by atoms with Crippen molar-refractivity contribution in [3.05, 3.63) is 119 Å². The maximum Gasteiger partial charge on any atom is 0.179 e. The first kappa shape index (κ1) is 47.7. The van der Waals surface area contributed by atoms with Gasteiger partial charge >= 0.3 is 0 Å². The zero-order chi connectivity index (χ0) is 44.4. The van der Waals surface area contributed by atoms with Crippen molar-refractivity contribution in [3.63, 3.8) is 0 Å². The van der Waals surface area contributed by atoms with Crippen LogP contribution >= 0.6 is 0 Å². The van der Waals surface area contributed by atoms with E-state index in [0.717, 1.165) is 36.8 Å². The highest BCUT2D eigenvalue weighted by Gasteiger charge is 2.50. The van der Waals surface area contributed by atoms with Gasteiger partial charge in [-0.1, -0.05) is 114 Å². The summed E-state index contributed by atoms with van der Waals surface area (Å²) >= 11 is 0. The Morgan fingerprint density at radius 1 is 0.532 bits per heavy atom. The second kappa shape index (κ2) is 21.3. The lowest BCUT2D eigenvalue weighted by Crippen LogP contribution is -2.42. The van der Waals surface area contributed by atoms with Gasteiger partial charge in [-0.2, -0.15) is 0 Å². The number of rotatable bonds is 21. The molecule has 12 heteroatoms. The van der Waals surface area contributed by atoms with Gasteiger partial charge in [0.25, 0.3) is 0 Å². The van der Waals surface area contributed by atoms with Crippen molar-refractivity contribution in [1.82, 2.24) is 0 Å². The van der Waals surface area contributed by atoms with Crippen molar-refractivity contribution in [2.75, 3.05) is 51.1 Å². The smallest absolute Gasteiger partial charge is 0.179 e. The van der Waals surface area contributed by atoms with Gasteiger partial charge in [-0.05, 0) is 84.3 Å². The Balaban J connectivity index is 1.03. The Bertz CT molecular complexity index is 2110. The minimum atomic E-state index is -3.70. The molecule has 2 aliphatic heterocycles. The van der Waals surface area contributed by atoms with E-state index in [1.807, 2.05) is 74.5 Å². The zero-order valence-corrected chi connectivity index (χ0v) is 38.5. The first-order valence-electron chi connectivity index (χ1n) is 22.5. The van der Waals surface area contributed by atoms with Gasteiger partial charge in [0, 0.05) is 22.7 Å². The Morgan fingerprint density at radius 3 is 1.26 bits per heavy atom. The quantitative estimate of drug-likeness (QED) is 0.0778. The van der Waals surface area contributed by atoms with E-state index in [9.17, 15) is 27.0 Å². The molecular formula is C50H66O10S2. The van der Waals surface area contributed by atoms with Crippen molar-refractivity contribution >= 4 is 19.7 Å². The molecule has 0 fully saturated rings. The zero-order valence-electron chi connectivity index (χ0n) is 36.8. The largest absolute Gasteiger partial charge is 0.491 e. The molecule has 2 N–H and O–H groups in total. The molecule has 0 radical (unpaired) electrons. The molecule has 10 nitrogen and oxygen atoms in total. The summed E-state index contributed by atoms with van der Waals surface area (Å²) in [6.45, 7) is 9.76. The van der Waals surface area contributed by atoms with Crippen molar-refractivity contribution < 1.29 is 46.0 Å². The lowest BCUT2D eigenvalue weighted by Gasteiger charge is -2.39. The number of sulfone groups is 2. The van der Waals surface area contributed by atoms with Crippen molar-refractivity contribution in [3.8, 4) is 11.5 Å². The van der Waals surface area contributed by atoms with Crippen LogP contribution in [0.2, 0.25) is 0 Å². The molecule has 0 aliphatic carbocycles. The second-order valence-electron chi connectivity index (χ2n) is 17.1. The third kappa shape index (κ3) is 10.6. The van der Waals surface area contributed by atoms with E-state index in [1.165, 1.54) is 0 Å². The molecule has 338 valence electrons. The molecule has 0 bridgehead atoms. The van der Waals surface area contributed by atoms with E-state index >= 15 is 0 Å². The van der Waals surface area contributed by atoms with Crippen molar-refractivity contribution in [2.45, 2.75) is 113 Å². The van der Waals surface area contributed by atoms with Gasteiger partial charge in [0.2, 0.25) is 0 Å². The van der Waals surface area contributed by atoms with E-state index < -0.39 is 54.5 Å². The Kier molecular flexibility index (Phi) is 16.4. The fourth-order valence-electron chi connectivity index (χ4n) is 9.69. The van der Waals surface area contributed by atoms with E-state index in [0.29, 0.717) is 61.5 Å². The normalized spacial score (nSPS) is 25.2. The minimum Gasteiger partial charge on any atom is -0.491 e. The highest BCUT2D eigenvalue weighted by atomic mass is 32.2. The SMILES string of the molecule is CCCC[C@]1(CC)CS(=O)(=O)c2ccc(OCCOCCOCCOc3ccc4c(c3)[C@H](c3ccccc3)C(O)[C@@](CC)(CCCC)CS4(=O)=O)cc2[C@@H](c2ccccc2)C1O. The van der Waals surface area contributed by atoms with Crippen LogP contribution in [0.1, 0.15) is 113 Å². The Labute approximate surface area is 369 Å². The summed E-state index contributed by atoms with van der Waals surface area (Å²) in [6, 6.07) is 29.4. The molecule has 6 rings (SSSR count). The van der Waals surface area contributed by atoms with Gasteiger partial charge in [0.15, 0.2) is 19.7 Å². The lowest BCUT2D eigenvalue weighted by molar-refractivity contribution is 0.0171. The summed E-state index contributed by atoms with van der Waals surface area (Å²) in [4.78, 5) is 0.487. The van der Waals surface area contributed by atoms with E-state index in [4.69, 9.17) is 18.9 Å². The van der Waals surface area contributed by atoms with E-state index in [-0.39, 0.29) is 47.7 Å². The maximum atomic E-state index is 14.0. The van der Waals surface area contributed by atoms with Gasteiger partial charge in [-0.15, -0.1) is 0 Å². The molecule has 2 heterocycles. The number of benzene rings is 4. The van der Waals surface area contributed by atoms with Crippen LogP contribution in [0.3, 0.4) is 0 Å². The van der Waals surface area contributed by atoms with Crippen LogP contribution in [0.5, 0.6) is 11.5 Å². The van der Waals surface area contributed by atoms with Crippen LogP contribution in [-0.4, -0.2) is 90.4 Å². The van der Waals surface area contributed by atoms with Crippen molar-refractivity contribution in [1.29, 1.82) is 0 Å². The predicted molar refractivity (Wildman–Crippen MR) is 243 cm³/mol. The minimum absolute atomic E-state index is 0.101. The highest BCUT2D eigenvalue weighted by molar-refractivity contribution is 7.91. The van der Waals surface area contributed by atoms with Crippen LogP contribution in [0, 0.1) is 10.8 Å². The van der Waals surface area contributed by atoms with Gasteiger partial charge in [-0.25, -0.2) is 16.8 Å². The first-order chi connectivity index (χ1) is 29.8. The molecule has 0 aromatic heterocycles. The molecular weight excluding hydrogens is 825 g/mol. The molecule has 0 saturated carbocycles. The molecule has 62 heavy (non-hydrogen) atoms. The summed E-state index contributed by atoms with van der Waals surface area (Å²) in [5.74, 6) is -0.272. The molecule has 6 atom stereocenters. The van der Waals surface area contributed by atoms with E-state index in [1.54, 1.807) is 36.4 Å². The lowest BCUT2D eigenvalue weighted by atomic mass is 9.69. The van der Waals surface area contributed by atoms with Gasteiger partial charge < -0.3 is 29.2 Å². The first-order valence-corrected chi connectivity index (χ1v) is 25.8. The number of hydrogen-bond donors (Lipinski definition) is 2. The predicted octanol–water partition coefficient (Wildman–Crippen LogP) is 8.91. The van der Waals surface area contributed by atoms with Crippen molar-refractivity contribution in [2.24, 2.45) is 10.8 Å². The number of aliphatic hydroxyl groups excluding tert-OH is 2. The third-order valence-corrected chi connectivity index (χ3v) is 17.3. The molecule has 4 aromatic rings. The Hall–Kier alpha value is -3.78. The van der Waals surface area contributed by atoms with Crippen LogP contribution in [0.25, 0.3) is 0 Å². The molecule has 0 amide bonds. The fourth-order valence-corrected chi connectivity index (χ4v) is 14.2. The van der Waals surface area contributed by atoms with Crippen LogP contribution < -0.4 is 9.47 Å². The summed E-state index contributed by atoms with van der Waals surface area (Å²) in [5.41, 5.74) is 1.27. The third-order valence-electron chi connectivity index (χ3n) is 13.3. The average Bonchev–Trinajstić information content (AvgIpc) is 3.39. The fraction of sp³-hybridized carbons (Fsp3) is 0.520. The monoisotopic (exact) mass is 890 g/mol. The van der Waals surface area contributed by atoms with Crippen LogP contribution in [-0.2, 0) is 29.1 Å². The van der Waals surface area contributed by atoms with Gasteiger partial charge in [0.05, 0.1) is 59.9 Å². The number of ether oxygens (including phenoxy) is 4. The Morgan fingerprint density at radius 2 is 0.903 bits per heavy atom. The molecule has 0 spiro atoms. The van der Waals surface area contributed by atoms with Gasteiger partial charge in [0.1, 0.15) is 24.7 Å². The molecule has 4 aromatic carbocycles. The van der Waals surface area contributed by atoms with E-state index in [2.05, 4.69) is 13.8 Å². The number of aliphatic hydroxyl groups is 2. The summed E-state index contributed by atoms with van der Waals surface area (Å²) in [7, 11) is -7.41. The molecule has 2 aliphatic rings. The highest BCUT2D eigenvalue weighted by Crippen LogP contribution is 2.51. The summed E-state index contributed by atoms with van der Waals surface area (Å²) in [6.07, 6.45) is 4.02. The molecule has 2 unspecified atom stereocenters. The number of hydrogen-bond acceptors (Lipinski definition) is 10. The average molecular weight is 891 g/mol. The standard InChI is InChI=1S/C50H66O10S2/c1-5-9-25-49(7-3)35-61(53,54)43-23-21-39(33-41(43)45(47(49)51)37-17-13-11-14-18-37)59-31-29-57-27-28-58-30-32-60-40-22-24-44-42(34-40)46(38-19-15-12-16-20-38)48(52)50(8-4,26-10-6-2)36-62(44,55)56/h11-24,33-34,45-48,51-52H,5-10,25-32,35-36H2,1-4H3/t45-,46+,47?,48?,49-,50+. The topological polar surface area (TPSA) is 146 Å². The van der Waals surface area contributed by atoms with Gasteiger partial charge in [-0.3, -0.25) is 0 Å². The second-order valence-corrected chi connectivity index (χ2v) is 21.1. The molecule has 0 saturated heterocycles. The van der Waals surface area contributed by atoms with Crippen LogP contribution in [0.15, 0.2) is 107 Å². The summed E-state index contributed by atoms with van der Waals surface area (Å²) in [5, 5.41) is 24.2.